The van der Waals surface area contributed by atoms with Crippen LogP contribution in [-0.4, -0.2) is 35.1 Å². The lowest BCUT2D eigenvalue weighted by Crippen LogP contribution is -2.51. The summed E-state index contributed by atoms with van der Waals surface area (Å²) in [6.45, 7) is 2.88. The molecule has 1 atom stereocenters. The lowest BCUT2D eigenvalue weighted by atomic mass is 10.0. The van der Waals surface area contributed by atoms with Crippen molar-refractivity contribution in [3.05, 3.63) is 106 Å². The van der Waals surface area contributed by atoms with Gasteiger partial charge >= 0.3 is 0 Å². The SMILES string of the molecule is CCCCNC(=O)[C@@H](Cc1ccccc1)N(Cc1ccc(Cl)cc1Cl)C(=O)CSCc1ccccc1. The Kier molecular flexibility index (Phi) is 11.7. The Labute approximate surface area is 228 Å². The Morgan fingerprint density at radius 3 is 2.25 bits per heavy atom. The topological polar surface area (TPSA) is 49.4 Å². The van der Waals surface area contributed by atoms with Gasteiger partial charge in [0, 0.05) is 35.3 Å². The van der Waals surface area contributed by atoms with Crippen molar-refractivity contribution in [1.29, 1.82) is 0 Å². The van der Waals surface area contributed by atoms with Crippen molar-refractivity contribution in [2.45, 2.75) is 44.5 Å². The highest BCUT2D eigenvalue weighted by Crippen LogP contribution is 2.25. The fourth-order valence-corrected chi connectivity index (χ4v) is 5.15. The summed E-state index contributed by atoms with van der Waals surface area (Å²) >= 11 is 14.1. The number of hydrogen-bond acceptors (Lipinski definition) is 3. The van der Waals surface area contributed by atoms with E-state index in [2.05, 4.69) is 12.2 Å². The van der Waals surface area contributed by atoms with Gasteiger partial charge in [-0.05, 0) is 35.2 Å². The fourth-order valence-electron chi connectivity index (χ4n) is 3.81. The van der Waals surface area contributed by atoms with Crippen molar-refractivity contribution in [1.82, 2.24) is 10.2 Å². The highest BCUT2D eigenvalue weighted by Gasteiger charge is 2.30. The zero-order chi connectivity index (χ0) is 25.8. The molecule has 0 saturated heterocycles. The maximum absolute atomic E-state index is 13.6. The average molecular weight is 544 g/mol. The van der Waals surface area contributed by atoms with E-state index >= 15 is 0 Å². The molecule has 3 aromatic carbocycles. The molecule has 0 aromatic heterocycles. The van der Waals surface area contributed by atoms with E-state index in [4.69, 9.17) is 23.2 Å². The van der Waals surface area contributed by atoms with Gasteiger partial charge in [0.15, 0.2) is 0 Å². The van der Waals surface area contributed by atoms with E-state index in [-0.39, 0.29) is 24.1 Å². The second-order valence-corrected chi connectivity index (χ2v) is 10.4. The predicted molar refractivity (Wildman–Crippen MR) is 151 cm³/mol. The molecule has 7 heteroatoms. The zero-order valence-electron chi connectivity index (χ0n) is 20.5. The van der Waals surface area contributed by atoms with Gasteiger partial charge in [-0.2, -0.15) is 0 Å². The number of thioether (sulfide) groups is 1. The lowest BCUT2D eigenvalue weighted by Gasteiger charge is -2.32. The summed E-state index contributed by atoms with van der Waals surface area (Å²) in [6, 6.07) is 24.4. The van der Waals surface area contributed by atoms with E-state index in [0.717, 1.165) is 29.5 Å². The minimum atomic E-state index is -0.666. The molecule has 0 heterocycles. The number of carbonyl (C=O) groups excluding carboxylic acids is 2. The number of nitrogens with zero attached hydrogens (tertiary/aromatic N) is 1. The molecule has 2 amide bonds. The van der Waals surface area contributed by atoms with Gasteiger partial charge in [0.05, 0.1) is 5.75 Å². The molecule has 190 valence electrons. The summed E-state index contributed by atoms with van der Waals surface area (Å²) in [5, 5.41) is 4.04. The molecular formula is C29H32Cl2N2O2S. The minimum Gasteiger partial charge on any atom is -0.354 e. The number of rotatable bonds is 13. The first kappa shape index (κ1) is 28.1. The maximum Gasteiger partial charge on any atom is 0.243 e. The van der Waals surface area contributed by atoms with Crippen LogP contribution in [0.4, 0.5) is 0 Å². The van der Waals surface area contributed by atoms with Crippen molar-refractivity contribution in [2.24, 2.45) is 0 Å². The highest BCUT2D eigenvalue weighted by atomic mass is 35.5. The van der Waals surface area contributed by atoms with Crippen LogP contribution in [0.1, 0.15) is 36.5 Å². The summed E-state index contributed by atoms with van der Waals surface area (Å²) in [5.41, 5.74) is 2.90. The first-order valence-electron chi connectivity index (χ1n) is 12.1. The third-order valence-electron chi connectivity index (χ3n) is 5.79. The Balaban J connectivity index is 1.86. The molecule has 0 fully saturated rings. The summed E-state index contributed by atoms with van der Waals surface area (Å²) < 4.78 is 0. The Morgan fingerprint density at radius 1 is 0.944 bits per heavy atom. The molecule has 0 saturated carbocycles. The maximum atomic E-state index is 13.6. The Bertz CT molecular complexity index is 1110. The molecule has 3 aromatic rings. The molecule has 0 spiro atoms. The van der Waals surface area contributed by atoms with Gasteiger partial charge in [0.1, 0.15) is 6.04 Å². The first-order chi connectivity index (χ1) is 17.5. The van der Waals surface area contributed by atoms with Crippen LogP contribution < -0.4 is 5.32 Å². The van der Waals surface area contributed by atoms with E-state index in [0.29, 0.717) is 28.8 Å². The normalized spacial score (nSPS) is 11.6. The van der Waals surface area contributed by atoms with E-state index in [1.54, 1.807) is 17.0 Å². The molecule has 1 N–H and O–H groups in total. The van der Waals surface area contributed by atoms with Crippen LogP contribution >= 0.6 is 35.0 Å². The van der Waals surface area contributed by atoms with Crippen LogP contribution in [0.5, 0.6) is 0 Å². The summed E-state index contributed by atoms with van der Waals surface area (Å²) in [5.74, 6) is 0.717. The molecule has 0 aliphatic carbocycles. The van der Waals surface area contributed by atoms with Crippen LogP contribution in [0.2, 0.25) is 10.0 Å². The molecular weight excluding hydrogens is 511 g/mol. The van der Waals surface area contributed by atoms with Crippen LogP contribution in [0.15, 0.2) is 78.9 Å². The van der Waals surface area contributed by atoms with Crippen molar-refractivity contribution in [3.63, 3.8) is 0 Å². The standard InChI is InChI=1S/C29H32Cl2N2O2S/c1-2-3-16-32-29(35)27(17-22-10-6-4-7-11-22)33(19-24-14-15-25(30)18-26(24)31)28(34)21-36-20-23-12-8-5-9-13-23/h4-15,18,27H,2-3,16-17,19-21H2,1H3,(H,32,35)/t27-/m1/s1. The number of amides is 2. The molecule has 0 aliphatic rings. The minimum absolute atomic E-state index is 0.103. The van der Waals surface area contributed by atoms with Crippen molar-refractivity contribution >= 4 is 46.8 Å². The monoisotopic (exact) mass is 542 g/mol. The van der Waals surface area contributed by atoms with Gasteiger partial charge in [-0.1, -0.05) is 103 Å². The van der Waals surface area contributed by atoms with Gasteiger partial charge < -0.3 is 10.2 Å². The van der Waals surface area contributed by atoms with Gasteiger partial charge in [0.25, 0.3) is 0 Å². The van der Waals surface area contributed by atoms with E-state index in [1.165, 1.54) is 11.8 Å². The molecule has 3 rings (SSSR count). The average Bonchev–Trinajstić information content (AvgIpc) is 2.88. The number of benzene rings is 3. The van der Waals surface area contributed by atoms with Crippen molar-refractivity contribution in [3.8, 4) is 0 Å². The number of halogens is 2. The van der Waals surface area contributed by atoms with E-state index < -0.39 is 6.04 Å². The number of carbonyl (C=O) groups is 2. The predicted octanol–water partition coefficient (Wildman–Crippen LogP) is 6.78. The van der Waals surface area contributed by atoms with E-state index in [9.17, 15) is 9.59 Å². The number of nitrogens with one attached hydrogen (secondary N) is 1. The largest absolute Gasteiger partial charge is 0.354 e. The quantitative estimate of drug-likeness (QED) is 0.242. The van der Waals surface area contributed by atoms with Gasteiger partial charge in [-0.25, -0.2) is 0 Å². The number of hydrogen-bond donors (Lipinski definition) is 1. The number of unbranched alkanes of at least 4 members (excludes halogenated alkanes) is 1. The van der Waals surface area contributed by atoms with Crippen LogP contribution in [0.3, 0.4) is 0 Å². The smallest absolute Gasteiger partial charge is 0.243 e. The summed E-state index contributed by atoms with van der Waals surface area (Å²) in [4.78, 5) is 28.7. The van der Waals surface area contributed by atoms with Gasteiger partial charge in [-0.3, -0.25) is 9.59 Å². The Hall–Kier alpha value is -2.47. The third-order valence-corrected chi connectivity index (χ3v) is 7.37. The second-order valence-electron chi connectivity index (χ2n) is 8.59. The third kappa shape index (κ3) is 8.88. The molecule has 0 radical (unpaired) electrons. The van der Waals surface area contributed by atoms with Crippen LogP contribution in [0, 0.1) is 0 Å². The van der Waals surface area contributed by atoms with Crippen molar-refractivity contribution < 1.29 is 9.59 Å². The summed E-state index contributed by atoms with van der Waals surface area (Å²) in [7, 11) is 0. The second kappa shape index (κ2) is 14.9. The van der Waals surface area contributed by atoms with Gasteiger partial charge in [-0.15, -0.1) is 11.8 Å². The highest BCUT2D eigenvalue weighted by molar-refractivity contribution is 7.99. The van der Waals surface area contributed by atoms with Crippen LogP contribution in [-0.2, 0) is 28.3 Å². The zero-order valence-corrected chi connectivity index (χ0v) is 22.8. The van der Waals surface area contributed by atoms with Gasteiger partial charge in [0.2, 0.25) is 11.8 Å². The first-order valence-corrected chi connectivity index (χ1v) is 14.1. The fraction of sp³-hybridized carbons (Fsp3) is 0.310. The van der Waals surface area contributed by atoms with E-state index in [1.807, 2.05) is 66.7 Å². The van der Waals surface area contributed by atoms with Crippen molar-refractivity contribution in [2.75, 3.05) is 12.3 Å². The Morgan fingerprint density at radius 2 is 1.61 bits per heavy atom. The summed E-state index contributed by atoms with van der Waals surface area (Å²) in [6.07, 6.45) is 2.27. The molecule has 0 unspecified atom stereocenters. The molecule has 36 heavy (non-hydrogen) atoms. The molecule has 4 nitrogen and oxygen atoms in total. The lowest BCUT2D eigenvalue weighted by molar-refractivity contribution is -0.139. The molecule has 0 bridgehead atoms. The molecule has 0 aliphatic heterocycles. The van der Waals surface area contributed by atoms with Crippen LogP contribution in [0.25, 0.3) is 0 Å².